The number of hydrogen-bond acceptors (Lipinski definition) is 5. The number of aromatic amines is 1. The maximum Gasteiger partial charge on any atom is 0.286 e. The van der Waals surface area contributed by atoms with Crippen LogP contribution in [0.15, 0.2) is 29.3 Å². The van der Waals surface area contributed by atoms with E-state index in [4.69, 9.17) is 34.8 Å². The zero-order chi connectivity index (χ0) is 19.6. The van der Waals surface area contributed by atoms with Crippen LogP contribution in [0.4, 0.5) is 5.69 Å². The quantitative estimate of drug-likeness (QED) is 0.583. The molecule has 0 saturated carbocycles. The average Bonchev–Trinajstić information content (AvgIpc) is 3.12. The number of benzene rings is 1. The zero-order valence-corrected chi connectivity index (χ0v) is 17.7. The Labute approximate surface area is 175 Å². The van der Waals surface area contributed by atoms with E-state index in [0.29, 0.717) is 18.1 Å². The summed E-state index contributed by atoms with van der Waals surface area (Å²) in [4.78, 5) is 15.0. The third kappa shape index (κ3) is 4.67. The molecule has 1 fully saturated rings. The van der Waals surface area contributed by atoms with E-state index in [1.807, 2.05) is 0 Å². The molecule has 0 atom stereocenters. The van der Waals surface area contributed by atoms with Gasteiger partial charge in [0.15, 0.2) is 0 Å². The van der Waals surface area contributed by atoms with Gasteiger partial charge in [0, 0.05) is 35.8 Å². The molecule has 0 radical (unpaired) electrons. The third-order valence-electron chi connectivity index (χ3n) is 3.82. The Hall–Kier alpha value is -1.10. The molecule has 12 heteroatoms. The third-order valence-corrected chi connectivity index (χ3v) is 7.45. The first kappa shape index (κ1) is 20.6. The molecule has 0 bridgehead atoms. The Morgan fingerprint density at radius 1 is 1.11 bits per heavy atom. The van der Waals surface area contributed by atoms with Crippen molar-refractivity contribution in [2.24, 2.45) is 0 Å². The molecule has 1 saturated heterocycles. The zero-order valence-electron chi connectivity index (χ0n) is 13.8. The summed E-state index contributed by atoms with van der Waals surface area (Å²) in [5, 5.41) is 0.813. The number of halogens is 3. The highest BCUT2D eigenvalue weighted by atomic mass is 35.5. The second kappa shape index (κ2) is 8.50. The van der Waals surface area contributed by atoms with Crippen molar-refractivity contribution in [3.05, 3.63) is 45.2 Å². The van der Waals surface area contributed by atoms with E-state index in [-0.39, 0.29) is 26.3 Å². The summed E-state index contributed by atoms with van der Waals surface area (Å²) in [6.45, 7) is 0.906. The molecule has 2 heterocycles. The molecular formula is C15H15Cl3N4O3S2. The topological polar surface area (TPSA) is 94.3 Å². The fraction of sp³-hybridized carbons (Fsp3) is 0.267. The molecule has 0 unspecified atom stereocenters. The Kier molecular flexibility index (Phi) is 6.50. The molecule has 27 heavy (non-hydrogen) atoms. The van der Waals surface area contributed by atoms with Crippen molar-refractivity contribution >= 4 is 68.2 Å². The van der Waals surface area contributed by atoms with Crippen molar-refractivity contribution in [2.45, 2.75) is 4.90 Å². The summed E-state index contributed by atoms with van der Waals surface area (Å²) in [7, 11) is -3.63. The highest BCUT2D eigenvalue weighted by Crippen LogP contribution is 2.33. The summed E-state index contributed by atoms with van der Waals surface area (Å²) in [5.74, 6) is 0.931. The number of thioether (sulfide) groups is 1. The average molecular weight is 470 g/mol. The summed E-state index contributed by atoms with van der Waals surface area (Å²) < 4.78 is 26.7. The minimum Gasteiger partial charge on any atom is -0.356 e. The molecule has 7 nitrogen and oxygen atoms in total. The number of rotatable bonds is 5. The number of hydrogen-bond donors (Lipinski definition) is 3. The van der Waals surface area contributed by atoms with Gasteiger partial charge in [-0.25, -0.2) is 8.42 Å². The Bertz CT molecular complexity index is 936. The number of hydrazine groups is 1. The predicted octanol–water partition coefficient (Wildman–Crippen LogP) is 3.47. The van der Waals surface area contributed by atoms with Gasteiger partial charge in [0.1, 0.15) is 10.6 Å². The van der Waals surface area contributed by atoms with Crippen LogP contribution in [-0.4, -0.2) is 48.2 Å². The first-order chi connectivity index (χ1) is 12.8. The second-order valence-corrected chi connectivity index (χ2v) is 10.0. The fourth-order valence-electron chi connectivity index (χ4n) is 2.44. The standard InChI is InChI=1S/C15H15Cl3N4O3S2/c16-9-5-11(17)14(12(18)6-9)20-21-15(23)13-7-10(8-19-13)27(24,25)22-1-3-26-4-2-22/h5-8,19-20H,1-4H2,(H,21,23). The number of sulfonamides is 1. The Morgan fingerprint density at radius 2 is 1.74 bits per heavy atom. The minimum absolute atomic E-state index is 0.0436. The van der Waals surface area contributed by atoms with Crippen LogP contribution in [0.3, 0.4) is 0 Å². The van der Waals surface area contributed by atoms with E-state index in [9.17, 15) is 13.2 Å². The van der Waals surface area contributed by atoms with Crippen LogP contribution >= 0.6 is 46.6 Å². The number of anilines is 1. The van der Waals surface area contributed by atoms with E-state index in [2.05, 4.69) is 15.8 Å². The van der Waals surface area contributed by atoms with Crippen LogP contribution in [0, 0.1) is 0 Å². The van der Waals surface area contributed by atoms with E-state index >= 15 is 0 Å². The lowest BCUT2D eigenvalue weighted by atomic mass is 10.3. The number of carbonyl (C=O) groups excluding carboxylic acids is 1. The van der Waals surface area contributed by atoms with Gasteiger partial charge >= 0.3 is 0 Å². The van der Waals surface area contributed by atoms with Crippen LogP contribution in [0.2, 0.25) is 15.1 Å². The molecule has 0 spiro atoms. The van der Waals surface area contributed by atoms with Crippen LogP contribution < -0.4 is 10.9 Å². The van der Waals surface area contributed by atoms with Gasteiger partial charge in [-0.15, -0.1) is 0 Å². The van der Waals surface area contributed by atoms with Crippen LogP contribution in [-0.2, 0) is 10.0 Å². The van der Waals surface area contributed by atoms with Gasteiger partial charge in [0.2, 0.25) is 10.0 Å². The predicted molar refractivity (Wildman–Crippen MR) is 109 cm³/mol. The number of aromatic nitrogens is 1. The van der Waals surface area contributed by atoms with Crippen LogP contribution in [0.25, 0.3) is 0 Å². The van der Waals surface area contributed by atoms with Gasteiger partial charge in [-0.2, -0.15) is 16.1 Å². The SMILES string of the molecule is O=C(NNc1c(Cl)cc(Cl)cc1Cl)c1cc(S(=O)(=O)N2CCSCC2)c[nH]1. The lowest BCUT2D eigenvalue weighted by Crippen LogP contribution is -2.37. The van der Waals surface area contributed by atoms with Gasteiger partial charge in [-0.05, 0) is 18.2 Å². The number of amides is 1. The van der Waals surface area contributed by atoms with E-state index in [1.54, 1.807) is 11.8 Å². The van der Waals surface area contributed by atoms with Crippen molar-refractivity contribution in [3.63, 3.8) is 0 Å². The van der Waals surface area contributed by atoms with Gasteiger partial charge in [-0.3, -0.25) is 15.6 Å². The van der Waals surface area contributed by atoms with Crippen molar-refractivity contribution in [3.8, 4) is 0 Å². The molecule has 3 N–H and O–H groups in total. The molecule has 0 aliphatic carbocycles. The summed E-state index contributed by atoms with van der Waals surface area (Å²) in [5.41, 5.74) is 5.39. The van der Waals surface area contributed by atoms with Gasteiger partial charge < -0.3 is 4.98 Å². The normalized spacial score (nSPS) is 15.5. The number of nitrogens with one attached hydrogen (secondary N) is 3. The van der Waals surface area contributed by atoms with Gasteiger partial charge in [0.25, 0.3) is 5.91 Å². The van der Waals surface area contributed by atoms with E-state index < -0.39 is 15.9 Å². The lowest BCUT2D eigenvalue weighted by Gasteiger charge is -2.24. The molecular weight excluding hydrogens is 455 g/mol. The molecule has 1 aromatic heterocycles. The van der Waals surface area contributed by atoms with Crippen molar-refractivity contribution in [1.29, 1.82) is 0 Å². The summed E-state index contributed by atoms with van der Waals surface area (Å²) >= 11 is 19.6. The summed E-state index contributed by atoms with van der Waals surface area (Å²) in [6, 6.07) is 4.23. The molecule has 1 aliphatic rings. The van der Waals surface area contributed by atoms with Gasteiger partial charge in [-0.1, -0.05) is 34.8 Å². The van der Waals surface area contributed by atoms with Gasteiger partial charge in [0.05, 0.1) is 15.7 Å². The summed E-state index contributed by atoms with van der Waals surface area (Å²) in [6.07, 6.45) is 1.30. The molecule has 1 aromatic carbocycles. The van der Waals surface area contributed by atoms with Crippen molar-refractivity contribution < 1.29 is 13.2 Å². The van der Waals surface area contributed by atoms with E-state index in [0.717, 1.165) is 11.5 Å². The molecule has 1 aliphatic heterocycles. The molecule has 2 aromatic rings. The maximum absolute atomic E-state index is 12.6. The molecule has 3 rings (SSSR count). The Balaban J connectivity index is 1.70. The monoisotopic (exact) mass is 468 g/mol. The van der Waals surface area contributed by atoms with E-state index in [1.165, 1.54) is 28.7 Å². The van der Waals surface area contributed by atoms with Crippen molar-refractivity contribution in [2.75, 3.05) is 30.0 Å². The number of H-pyrrole nitrogens is 1. The smallest absolute Gasteiger partial charge is 0.286 e. The first-order valence-electron chi connectivity index (χ1n) is 7.76. The first-order valence-corrected chi connectivity index (χ1v) is 11.5. The highest BCUT2D eigenvalue weighted by Gasteiger charge is 2.27. The van der Waals surface area contributed by atoms with Crippen LogP contribution in [0.1, 0.15) is 10.5 Å². The second-order valence-electron chi connectivity index (χ2n) is 5.59. The minimum atomic E-state index is -3.63. The number of nitrogens with zero attached hydrogens (tertiary/aromatic N) is 1. The Morgan fingerprint density at radius 3 is 2.37 bits per heavy atom. The van der Waals surface area contributed by atoms with Crippen LogP contribution in [0.5, 0.6) is 0 Å². The molecule has 146 valence electrons. The maximum atomic E-state index is 12.6. The highest BCUT2D eigenvalue weighted by molar-refractivity contribution is 7.99. The van der Waals surface area contributed by atoms with Crippen molar-refractivity contribution in [1.82, 2.24) is 14.7 Å². The lowest BCUT2D eigenvalue weighted by molar-refractivity contribution is 0.0958. The fourth-order valence-corrected chi connectivity index (χ4v) is 5.92. The largest absolute Gasteiger partial charge is 0.356 e. The number of carbonyl (C=O) groups is 1. The molecule has 1 amide bonds.